The van der Waals surface area contributed by atoms with Crippen molar-refractivity contribution in [3.63, 3.8) is 0 Å². The number of fused-ring (bicyclic) bond motifs is 1. The van der Waals surface area contributed by atoms with E-state index in [0.29, 0.717) is 35.6 Å². The summed E-state index contributed by atoms with van der Waals surface area (Å²) < 4.78 is 45.1. The Labute approximate surface area is 193 Å². The van der Waals surface area contributed by atoms with Crippen molar-refractivity contribution in [3.8, 4) is 16.9 Å². The monoisotopic (exact) mass is 480 g/mol. The van der Waals surface area contributed by atoms with Gasteiger partial charge in [0.15, 0.2) is 0 Å². The Kier molecular flexibility index (Phi) is 6.97. The predicted molar refractivity (Wildman–Crippen MR) is 123 cm³/mol. The third-order valence-electron chi connectivity index (χ3n) is 5.10. The molecule has 1 aromatic heterocycles. The van der Waals surface area contributed by atoms with Crippen molar-refractivity contribution in [3.05, 3.63) is 64.1 Å². The first-order valence-electron chi connectivity index (χ1n) is 10.3. The molecule has 1 aliphatic heterocycles. The topological polar surface area (TPSA) is 54.4 Å². The van der Waals surface area contributed by atoms with Crippen LogP contribution in [-0.2, 0) is 0 Å². The largest absolute Gasteiger partial charge is 0.493 e. The van der Waals surface area contributed by atoms with Crippen molar-refractivity contribution in [1.29, 1.82) is 0 Å². The first-order valence-corrected chi connectivity index (χ1v) is 12.0. The van der Waals surface area contributed by atoms with E-state index in [4.69, 9.17) is 4.74 Å². The van der Waals surface area contributed by atoms with Gasteiger partial charge in [0.2, 0.25) is 0 Å². The van der Waals surface area contributed by atoms with E-state index in [0.717, 1.165) is 11.5 Å². The second kappa shape index (κ2) is 9.72. The quantitative estimate of drug-likeness (QED) is 0.391. The van der Waals surface area contributed by atoms with Crippen LogP contribution in [0.4, 0.5) is 18.9 Å². The van der Waals surface area contributed by atoms with E-state index in [9.17, 15) is 18.3 Å². The lowest BCUT2D eigenvalue weighted by molar-refractivity contribution is -0.0323. The summed E-state index contributed by atoms with van der Waals surface area (Å²) in [6.45, 7) is 2.48. The highest BCUT2D eigenvalue weighted by atomic mass is 32.2. The normalized spacial score (nSPS) is 17.6. The molecule has 1 aliphatic carbocycles. The second-order valence-electron chi connectivity index (χ2n) is 7.70. The van der Waals surface area contributed by atoms with Gasteiger partial charge < -0.3 is 14.6 Å². The Morgan fingerprint density at radius 1 is 1.16 bits per heavy atom. The van der Waals surface area contributed by atoms with Crippen molar-refractivity contribution < 1.29 is 23.0 Å². The Morgan fingerprint density at radius 3 is 2.62 bits per heavy atom. The number of para-hydroxylation sites is 1. The van der Waals surface area contributed by atoms with Gasteiger partial charge in [0.05, 0.1) is 35.4 Å². The molecule has 2 N–H and O–H groups in total. The van der Waals surface area contributed by atoms with Crippen LogP contribution in [0, 0.1) is 6.92 Å². The fraction of sp³-hybridized carbons (Fsp3) is 0.348. The maximum absolute atomic E-state index is 12.4. The first-order chi connectivity index (χ1) is 15.3. The van der Waals surface area contributed by atoms with E-state index in [1.807, 2.05) is 11.3 Å². The summed E-state index contributed by atoms with van der Waals surface area (Å²) in [5.74, 6) is 1.41. The van der Waals surface area contributed by atoms with E-state index >= 15 is 0 Å². The number of hydrogen-bond donors (Lipinski definition) is 2. The molecule has 0 amide bonds. The van der Waals surface area contributed by atoms with Crippen molar-refractivity contribution in [1.82, 2.24) is 4.98 Å². The molecule has 5 rings (SSSR count). The van der Waals surface area contributed by atoms with Crippen LogP contribution in [0.15, 0.2) is 47.8 Å². The first kappa shape index (κ1) is 22.9. The number of nitrogens with one attached hydrogen (secondary N) is 1. The molecule has 1 saturated carbocycles. The molecule has 1 atom stereocenters. The number of aliphatic hydroxyl groups is 1. The van der Waals surface area contributed by atoms with Gasteiger partial charge in [-0.1, -0.05) is 30.3 Å². The van der Waals surface area contributed by atoms with Gasteiger partial charge in [-0.25, -0.2) is 4.98 Å². The van der Waals surface area contributed by atoms with Crippen LogP contribution in [0.25, 0.3) is 11.1 Å². The summed E-state index contributed by atoms with van der Waals surface area (Å²) in [6.07, 6.45) is 2.70. The minimum atomic E-state index is -4.36. The molecule has 2 aliphatic rings. The molecule has 3 aromatic rings. The third-order valence-corrected chi connectivity index (χ3v) is 6.78. The third kappa shape index (κ3) is 5.96. The van der Waals surface area contributed by atoms with Gasteiger partial charge in [-0.05, 0) is 37.5 Å². The van der Waals surface area contributed by atoms with Crippen LogP contribution in [0.1, 0.15) is 47.5 Å². The summed E-state index contributed by atoms with van der Waals surface area (Å²) in [4.78, 5) is 4.39. The molecular formula is C23H23F3N2O2S2. The highest BCUT2D eigenvalue weighted by Gasteiger charge is 2.29. The summed E-state index contributed by atoms with van der Waals surface area (Å²) in [5, 5.41) is 13.4. The Morgan fingerprint density at radius 2 is 1.94 bits per heavy atom. The van der Waals surface area contributed by atoms with Gasteiger partial charge in [0, 0.05) is 34.5 Å². The highest BCUT2D eigenvalue weighted by Crippen LogP contribution is 2.41. The molecule has 2 heterocycles. The molecule has 1 fully saturated rings. The van der Waals surface area contributed by atoms with E-state index in [-0.39, 0.29) is 11.9 Å². The van der Waals surface area contributed by atoms with Crippen LogP contribution >= 0.6 is 23.3 Å². The standard InChI is InChI=1S/C16H14F3NO2S.C7H9NS/c17-16(18,19)23-20-13-4-2-1-3-11(13)10-5-6-12-14(21)7-8-22-15(12)9-10;1-5-4-9-7(8-5)6-2-3-6/h1-6,9,14,20-21H,7-8H2;4,6H,2-3H2,1H3. The Balaban J connectivity index is 0.000000225. The molecule has 4 nitrogen and oxygen atoms in total. The van der Waals surface area contributed by atoms with Gasteiger partial charge in [0.1, 0.15) is 5.75 Å². The Bertz CT molecular complexity index is 1070. The van der Waals surface area contributed by atoms with Crippen LogP contribution in [-0.4, -0.2) is 22.2 Å². The zero-order chi connectivity index (χ0) is 22.7. The number of nitrogens with zero attached hydrogens (tertiary/aromatic N) is 1. The number of halogens is 3. The fourth-order valence-corrected chi connectivity index (χ4v) is 4.74. The molecule has 0 radical (unpaired) electrons. The lowest BCUT2D eigenvalue weighted by Crippen LogP contribution is -2.13. The smallest absolute Gasteiger partial charge is 0.461 e. The van der Waals surface area contributed by atoms with Crippen LogP contribution in [0.2, 0.25) is 0 Å². The molecule has 9 heteroatoms. The number of rotatable bonds is 4. The van der Waals surface area contributed by atoms with Crippen molar-refractivity contribution in [2.45, 2.75) is 43.7 Å². The molecule has 170 valence electrons. The molecule has 0 spiro atoms. The average Bonchev–Trinajstić information content (AvgIpc) is 3.53. The van der Waals surface area contributed by atoms with Gasteiger partial charge in [-0.15, -0.1) is 11.3 Å². The Hall–Kier alpha value is -2.23. The van der Waals surface area contributed by atoms with Gasteiger partial charge >= 0.3 is 5.51 Å². The van der Waals surface area contributed by atoms with Crippen molar-refractivity contribution in [2.75, 3.05) is 11.3 Å². The van der Waals surface area contributed by atoms with Crippen LogP contribution < -0.4 is 9.46 Å². The number of aromatic nitrogens is 1. The van der Waals surface area contributed by atoms with Crippen molar-refractivity contribution in [2.24, 2.45) is 0 Å². The number of alkyl halides is 3. The number of aryl methyl sites for hydroxylation is 1. The minimum absolute atomic E-state index is 0.297. The van der Waals surface area contributed by atoms with Crippen LogP contribution in [0.3, 0.4) is 0 Å². The lowest BCUT2D eigenvalue weighted by atomic mass is 9.97. The number of aliphatic hydroxyl groups excluding tert-OH is 1. The summed E-state index contributed by atoms with van der Waals surface area (Å²) in [6, 6.07) is 12.0. The SMILES string of the molecule is Cc1csc(C2CC2)n1.OC1CCOc2cc(-c3ccccc3NSC(F)(F)F)ccc21. The molecule has 1 unspecified atom stereocenters. The maximum atomic E-state index is 12.4. The zero-order valence-electron chi connectivity index (χ0n) is 17.4. The number of anilines is 1. The molecular weight excluding hydrogens is 457 g/mol. The summed E-state index contributed by atoms with van der Waals surface area (Å²) in [7, 11) is 0. The summed E-state index contributed by atoms with van der Waals surface area (Å²) in [5.41, 5.74) is -0.751. The number of ether oxygens (including phenoxy) is 1. The molecule has 0 saturated heterocycles. The van der Waals surface area contributed by atoms with Gasteiger partial charge in [0.25, 0.3) is 0 Å². The minimum Gasteiger partial charge on any atom is -0.493 e. The molecule has 32 heavy (non-hydrogen) atoms. The highest BCUT2D eigenvalue weighted by molar-refractivity contribution is 8.01. The van der Waals surface area contributed by atoms with Gasteiger partial charge in [-0.2, -0.15) is 13.2 Å². The van der Waals surface area contributed by atoms with E-state index in [1.165, 1.54) is 23.5 Å². The summed E-state index contributed by atoms with van der Waals surface area (Å²) >= 11 is 1.51. The van der Waals surface area contributed by atoms with Gasteiger partial charge in [-0.3, -0.25) is 0 Å². The van der Waals surface area contributed by atoms with E-state index in [1.54, 1.807) is 42.5 Å². The van der Waals surface area contributed by atoms with E-state index in [2.05, 4.69) is 22.0 Å². The average molecular weight is 481 g/mol. The number of hydrogen-bond acceptors (Lipinski definition) is 6. The maximum Gasteiger partial charge on any atom is 0.461 e. The number of thiazole rings is 1. The van der Waals surface area contributed by atoms with Crippen LogP contribution in [0.5, 0.6) is 5.75 Å². The number of benzene rings is 2. The predicted octanol–water partition coefficient (Wildman–Crippen LogP) is 7.08. The second-order valence-corrected chi connectivity index (χ2v) is 9.46. The lowest BCUT2D eigenvalue weighted by Gasteiger charge is -2.23. The molecule has 0 bridgehead atoms. The van der Waals surface area contributed by atoms with E-state index < -0.39 is 11.6 Å². The zero-order valence-corrected chi connectivity index (χ0v) is 19.0. The van der Waals surface area contributed by atoms with Crippen molar-refractivity contribution >= 4 is 29.0 Å². The fourth-order valence-electron chi connectivity index (χ4n) is 3.36. The molecule has 2 aromatic carbocycles.